The number of hydrogen-bond donors (Lipinski definition) is 2. The van der Waals surface area contributed by atoms with Gasteiger partial charge >= 0.3 is 5.97 Å². The Hall–Kier alpha value is -1.39. The summed E-state index contributed by atoms with van der Waals surface area (Å²) < 4.78 is 4.79. The van der Waals surface area contributed by atoms with Gasteiger partial charge in [-0.25, -0.2) is 4.79 Å². The lowest BCUT2D eigenvalue weighted by molar-refractivity contribution is 0.0526. The number of aliphatic hydroxyl groups excluding tert-OH is 2. The lowest BCUT2D eigenvalue weighted by Gasteiger charge is -1.99. The monoisotopic (exact) mass is 212 g/mol. The molecule has 4 nitrogen and oxygen atoms in total. The molecular formula is C11H16O4. The van der Waals surface area contributed by atoms with Crippen LogP contribution in [0.5, 0.6) is 0 Å². The highest BCUT2D eigenvalue weighted by Gasteiger charge is 2.02. The SMILES string of the molecule is CCOC(=O)c1ccccc1.OCCO. The third-order valence-corrected chi connectivity index (χ3v) is 1.38. The summed E-state index contributed by atoms with van der Waals surface area (Å²) in [5.41, 5.74) is 0.606. The number of esters is 1. The van der Waals surface area contributed by atoms with Crippen LogP contribution in [0.4, 0.5) is 0 Å². The van der Waals surface area contributed by atoms with Crippen molar-refractivity contribution in [3.8, 4) is 0 Å². The minimum Gasteiger partial charge on any atom is -0.462 e. The van der Waals surface area contributed by atoms with Crippen LogP contribution in [0.2, 0.25) is 0 Å². The Labute approximate surface area is 89.1 Å². The zero-order chi connectivity index (χ0) is 11.5. The molecule has 0 aliphatic heterocycles. The molecule has 0 atom stereocenters. The van der Waals surface area contributed by atoms with Gasteiger partial charge < -0.3 is 14.9 Å². The molecule has 1 rings (SSSR count). The molecule has 84 valence electrons. The van der Waals surface area contributed by atoms with E-state index in [1.54, 1.807) is 19.1 Å². The molecular weight excluding hydrogens is 196 g/mol. The van der Waals surface area contributed by atoms with E-state index in [2.05, 4.69) is 0 Å². The molecule has 0 spiro atoms. The van der Waals surface area contributed by atoms with Crippen LogP contribution < -0.4 is 0 Å². The molecule has 0 fully saturated rings. The Morgan fingerprint density at radius 2 is 1.73 bits per heavy atom. The molecule has 15 heavy (non-hydrogen) atoms. The van der Waals surface area contributed by atoms with Crippen molar-refractivity contribution < 1.29 is 19.7 Å². The fraction of sp³-hybridized carbons (Fsp3) is 0.364. The second-order valence-corrected chi connectivity index (χ2v) is 2.53. The zero-order valence-corrected chi connectivity index (χ0v) is 8.72. The predicted molar refractivity (Wildman–Crippen MR) is 56.6 cm³/mol. The van der Waals surface area contributed by atoms with Gasteiger partial charge in [-0.1, -0.05) is 18.2 Å². The number of ether oxygens (including phenoxy) is 1. The molecule has 2 N–H and O–H groups in total. The van der Waals surface area contributed by atoms with Crippen molar-refractivity contribution in [3.05, 3.63) is 35.9 Å². The summed E-state index contributed by atoms with van der Waals surface area (Å²) in [6.45, 7) is 1.97. The lowest BCUT2D eigenvalue weighted by Crippen LogP contribution is -2.03. The summed E-state index contributed by atoms with van der Waals surface area (Å²) >= 11 is 0. The number of hydrogen-bond acceptors (Lipinski definition) is 4. The molecule has 0 aromatic heterocycles. The van der Waals surface area contributed by atoms with Crippen LogP contribution in [0.25, 0.3) is 0 Å². The van der Waals surface area contributed by atoms with Crippen LogP contribution in [0.15, 0.2) is 30.3 Å². The summed E-state index contributed by atoms with van der Waals surface area (Å²) in [7, 11) is 0. The predicted octanol–water partition coefficient (Wildman–Crippen LogP) is 0.834. The summed E-state index contributed by atoms with van der Waals surface area (Å²) in [6, 6.07) is 8.96. The van der Waals surface area contributed by atoms with Gasteiger partial charge in [0.25, 0.3) is 0 Å². The summed E-state index contributed by atoms with van der Waals surface area (Å²) in [6.07, 6.45) is 0. The van der Waals surface area contributed by atoms with Gasteiger partial charge in [-0.2, -0.15) is 0 Å². The summed E-state index contributed by atoms with van der Waals surface area (Å²) in [5.74, 6) is -0.256. The highest BCUT2D eigenvalue weighted by molar-refractivity contribution is 5.89. The van der Waals surface area contributed by atoms with Gasteiger partial charge in [0.1, 0.15) is 0 Å². The van der Waals surface area contributed by atoms with Crippen LogP contribution in [0.3, 0.4) is 0 Å². The van der Waals surface area contributed by atoms with Crippen LogP contribution in [0.1, 0.15) is 17.3 Å². The first-order chi connectivity index (χ1) is 7.26. The van der Waals surface area contributed by atoms with Crippen molar-refractivity contribution >= 4 is 5.97 Å². The minimum atomic E-state index is -0.256. The standard InChI is InChI=1S/C9H10O2.C2H6O2/c1-2-11-9(10)8-6-4-3-5-7-8;3-1-2-4/h3-7H,2H2,1H3;3-4H,1-2H2. The molecule has 0 heterocycles. The largest absolute Gasteiger partial charge is 0.462 e. The maximum atomic E-state index is 11.0. The first-order valence-corrected chi connectivity index (χ1v) is 4.70. The summed E-state index contributed by atoms with van der Waals surface area (Å²) in [4.78, 5) is 11.0. The normalized spacial score (nSPS) is 8.73. The van der Waals surface area contributed by atoms with E-state index in [4.69, 9.17) is 14.9 Å². The number of rotatable bonds is 3. The Bertz CT molecular complexity index is 257. The van der Waals surface area contributed by atoms with Crippen molar-refractivity contribution in [1.29, 1.82) is 0 Å². The van der Waals surface area contributed by atoms with Gasteiger partial charge in [0, 0.05) is 0 Å². The quantitative estimate of drug-likeness (QED) is 0.728. The first kappa shape index (κ1) is 13.6. The molecule has 0 aliphatic rings. The minimum absolute atomic E-state index is 0.125. The number of aliphatic hydroxyl groups is 2. The maximum Gasteiger partial charge on any atom is 0.338 e. The Morgan fingerprint density at radius 3 is 2.13 bits per heavy atom. The van der Waals surface area contributed by atoms with Gasteiger partial charge in [0.15, 0.2) is 0 Å². The first-order valence-electron chi connectivity index (χ1n) is 4.70. The highest BCUT2D eigenvalue weighted by atomic mass is 16.5. The van der Waals surface area contributed by atoms with E-state index in [0.29, 0.717) is 12.2 Å². The Balaban J connectivity index is 0.000000423. The third-order valence-electron chi connectivity index (χ3n) is 1.38. The summed E-state index contributed by atoms with van der Waals surface area (Å²) in [5, 5.41) is 15.2. The topological polar surface area (TPSA) is 66.8 Å². The smallest absolute Gasteiger partial charge is 0.338 e. The molecule has 0 amide bonds. The molecule has 4 heteroatoms. The van der Waals surface area contributed by atoms with E-state index in [-0.39, 0.29) is 19.2 Å². The zero-order valence-electron chi connectivity index (χ0n) is 8.72. The van der Waals surface area contributed by atoms with Crippen molar-refractivity contribution in [2.45, 2.75) is 6.92 Å². The van der Waals surface area contributed by atoms with E-state index >= 15 is 0 Å². The number of benzene rings is 1. The molecule has 1 aromatic carbocycles. The lowest BCUT2D eigenvalue weighted by atomic mass is 10.2. The van der Waals surface area contributed by atoms with Gasteiger partial charge in [-0.15, -0.1) is 0 Å². The van der Waals surface area contributed by atoms with Crippen molar-refractivity contribution in [1.82, 2.24) is 0 Å². The maximum absolute atomic E-state index is 11.0. The highest BCUT2D eigenvalue weighted by Crippen LogP contribution is 1.99. The van der Waals surface area contributed by atoms with E-state index in [0.717, 1.165) is 0 Å². The van der Waals surface area contributed by atoms with Crippen molar-refractivity contribution in [3.63, 3.8) is 0 Å². The third kappa shape index (κ3) is 6.65. The van der Waals surface area contributed by atoms with Crippen LogP contribution in [-0.2, 0) is 4.74 Å². The fourth-order valence-corrected chi connectivity index (χ4v) is 0.789. The molecule has 0 radical (unpaired) electrons. The molecule has 1 aromatic rings. The van der Waals surface area contributed by atoms with Crippen molar-refractivity contribution in [2.75, 3.05) is 19.8 Å². The fourth-order valence-electron chi connectivity index (χ4n) is 0.789. The molecule has 0 saturated heterocycles. The molecule has 0 aliphatic carbocycles. The van der Waals surface area contributed by atoms with Crippen LogP contribution in [-0.4, -0.2) is 36.0 Å². The van der Waals surface area contributed by atoms with Crippen LogP contribution in [0, 0.1) is 0 Å². The van der Waals surface area contributed by atoms with E-state index < -0.39 is 0 Å². The van der Waals surface area contributed by atoms with Gasteiger partial charge in [0.05, 0.1) is 25.4 Å². The molecule has 0 bridgehead atoms. The van der Waals surface area contributed by atoms with Crippen molar-refractivity contribution in [2.24, 2.45) is 0 Å². The Kier molecular flexibility index (Phi) is 8.33. The van der Waals surface area contributed by atoms with E-state index in [1.165, 1.54) is 0 Å². The average molecular weight is 212 g/mol. The second-order valence-electron chi connectivity index (χ2n) is 2.53. The van der Waals surface area contributed by atoms with Gasteiger partial charge in [-0.05, 0) is 19.1 Å². The van der Waals surface area contributed by atoms with Gasteiger partial charge in [0.2, 0.25) is 0 Å². The molecule has 0 unspecified atom stereocenters. The van der Waals surface area contributed by atoms with E-state index in [1.807, 2.05) is 18.2 Å². The number of carbonyl (C=O) groups excluding carboxylic acids is 1. The van der Waals surface area contributed by atoms with E-state index in [9.17, 15) is 4.79 Å². The average Bonchev–Trinajstić information content (AvgIpc) is 2.31. The van der Waals surface area contributed by atoms with Crippen LogP contribution >= 0.6 is 0 Å². The number of carbonyl (C=O) groups is 1. The van der Waals surface area contributed by atoms with Gasteiger partial charge in [-0.3, -0.25) is 0 Å². The Morgan fingerprint density at radius 1 is 1.20 bits per heavy atom. The molecule has 0 saturated carbocycles. The second kappa shape index (κ2) is 9.18.